The van der Waals surface area contributed by atoms with E-state index >= 15 is 0 Å². The molecule has 0 bridgehead atoms. The Kier molecular flexibility index (Phi) is 4.78. The molecule has 0 saturated carbocycles. The molecule has 1 aromatic carbocycles. The lowest BCUT2D eigenvalue weighted by molar-refractivity contribution is 0.173. The molecule has 0 aliphatic carbocycles. The van der Waals surface area contributed by atoms with E-state index in [0.717, 1.165) is 32.6 Å². The SMILES string of the molecule is C=CC[C@@H](c1c(C)cc(C)cc1C)N1CCNCC1. The summed E-state index contributed by atoms with van der Waals surface area (Å²) in [5, 5.41) is 3.43. The molecule has 19 heavy (non-hydrogen) atoms. The number of piperazine rings is 1. The number of aryl methyl sites for hydroxylation is 3. The highest BCUT2D eigenvalue weighted by molar-refractivity contribution is 5.40. The van der Waals surface area contributed by atoms with Crippen molar-refractivity contribution in [3.8, 4) is 0 Å². The van der Waals surface area contributed by atoms with Gasteiger partial charge in [0, 0.05) is 32.2 Å². The van der Waals surface area contributed by atoms with Gasteiger partial charge < -0.3 is 5.32 Å². The van der Waals surface area contributed by atoms with E-state index in [1.54, 1.807) is 0 Å². The van der Waals surface area contributed by atoms with Crippen LogP contribution < -0.4 is 5.32 Å². The predicted molar refractivity (Wildman–Crippen MR) is 82.7 cm³/mol. The third-order valence-corrected chi connectivity index (χ3v) is 4.05. The van der Waals surface area contributed by atoms with Crippen LogP contribution in [-0.4, -0.2) is 31.1 Å². The molecule has 1 heterocycles. The van der Waals surface area contributed by atoms with Crippen LogP contribution in [0.4, 0.5) is 0 Å². The second-order valence-corrected chi connectivity index (χ2v) is 5.64. The van der Waals surface area contributed by atoms with Gasteiger partial charge >= 0.3 is 0 Å². The molecule has 1 saturated heterocycles. The first-order chi connectivity index (χ1) is 9.13. The van der Waals surface area contributed by atoms with Gasteiger partial charge in [-0.05, 0) is 43.9 Å². The average molecular weight is 258 g/mol. The van der Waals surface area contributed by atoms with Crippen molar-refractivity contribution in [2.45, 2.75) is 33.2 Å². The van der Waals surface area contributed by atoms with Crippen LogP contribution in [0.5, 0.6) is 0 Å². The van der Waals surface area contributed by atoms with Gasteiger partial charge in [-0.15, -0.1) is 6.58 Å². The third-order valence-electron chi connectivity index (χ3n) is 4.05. The zero-order valence-electron chi connectivity index (χ0n) is 12.5. The minimum Gasteiger partial charge on any atom is -0.314 e. The number of nitrogens with one attached hydrogen (secondary N) is 1. The fourth-order valence-corrected chi connectivity index (χ4v) is 3.32. The van der Waals surface area contributed by atoms with Gasteiger partial charge in [0.15, 0.2) is 0 Å². The third kappa shape index (κ3) is 3.26. The van der Waals surface area contributed by atoms with Crippen LogP contribution in [0.3, 0.4) is 0 Å². The molecule has 1 atom stereocenters. The Morgan fingerprint density at radius 3 is 2.32 bits per heavy atom. The summed E-state index contributed by atoms with van der Waals surface area (Å²) >= 11 is 0. The van der Waals surface area contributed by atoms with Crippen molar-refractivity contribution in [2.75, 3.05) is 26.2 Å². The van der Waals surface area contributed by atoms with Gasteiger partial charge in [0.25, 0.3) is 0 Å². The molecule has 0 unspecified atom stereocenters. The van der Waals surface area contributed by atoms with Crippen molar-refractivity contribution in [2.24, 2.45) is 0 Å². The lowest BCUT2D eigenvalue weighted by Crippen LogP contribution is -2.45. The summed E-state index contributed by atoms with van der Waals surface area (Å²) in [5.74, 6) is 0. The molecular formula is C17H26N2. The standard InChI is InChI=1S/C17H26N2/c1-5-6-16(19-9-7-18-8-10-19)17-14(3)11-13(2)12-15(17)4/h5,11-12,16,18H,1,6-10H2,2-4H3/t16-/m0/s1. The second kappa shape index (κ2) is 6.36. The van der Waals surface area contributed by atoms with Crippen molar-refractivity contribution in [1.29, 1.82) is 0 Å². The zero-order chi connectivity index (χ0) is 13.8. The summed E-state index contributed by atoms with van der Waals surface area (Å²) in [6.07, 6.45) is 3.09. The van der Waals surface area contributed by atoms with Crippen LogP contribution >= 0.6 is 0 Å². The number of hydrogen-bond donors (Lipinski definition) is 1. The van der Waals surface area contributed by atoms with E-state index in [4.69, 9.17) is 0 Å². The summed E-state index contributed by atoms with van der Waals surface area (Å²) in [6, 6.07) is 5.10. The summed E-state index contributed by atoms with van der Waals surface area (Å²) in [5.41, 5.74) is 5.70. The van der Waals surface area contributed by atoms with Crippen molar-refractivity contribution < 1.29 is 0 Å². The van der Waals surface area contributed by atoms with Gasteiger partial charge in [0.1, 0.15) is 0 Å². The zero-order valence-corrected chi connectivity index (χ0v) is 12.5. The van der Waals surface area contributed by atoms with Crippen molar-refractivity contribution in [1.82, 2.24) is 10.2 Å². The largest absolute Gasteiger partial charge is 0.314 e. The molecule has 0 radical (unpaired) electrons. The van der Waals surface area contributed by atoms with Gasteiger partial charge in [-0.2, -0.15) is 0 Å². The summed E-state index contributed by atoms with van der Waals surface area (Å²) in [4.78, 5) is 2.60. The topological polar surface area (TPSA) is 15.3 Å². The fourth-order valence-electron chi connectivity index (χ4n) is 3.32. The van der Waals surface area contributed by atoms with E-state index in [1.807, 2.05) is 0 Å². The maximum Gasteiger partial charge on any atom is 0.0388 e. The Balaban J connectivity index is 2.35. The molecule has 0 spiro atoms. The molecule has 2 nitrogen and oxygen atoms in total. The molecular weight excluding hydrogens is 232 g/mol. The Morgan fingerprint density at radius 1 is 1.21 bits per heavy atom. The van der Waals surface area contributed by atoms with Gasteiger partial charge in [-0.1, -0.05) is 23.8 Å². The van der Waals surface area contributed by atoms with E-state index in [-0.39, 0.29) is 0 Å². The summed E-state index contributed by atoms with van der Waals surface area (Å²) in [7, 11) is 0. The first-order valence-corrected chi connectivity index (χ1v) is 7.27. The highest BCUT2D eigenvalue weighted by atomic mass is 15.2. The molecule has 1 aromatic rings. The van der Waals surface area contributed by atoms with Crippen LogP contribution in [0.2, 0.25) is 0 Å². The Bertz CT molecular complexity index is 422. The first kappa shape index (κ1) is 14.3. The molecule has 1 aliphatic heterocycles. The van der Waals surface area contributed by atoms with Crippen LogP contribution in [0.15, 0.2) is 24.8 Å². The van der Waals surface area contributed by atoms with Gasteiger partial charge in [0.05, 0.1) is 0 Å². The van der Waals surface area contributed by atoms with Gasteiger partial charge in [-0.3, -0.25) is 4.90 Å². The summed E-state index contributed by atoms with van der Waals surface area (Å²) < 4.78 is 0. The Morgan fingerprint density at radius 2 is 1.79 bits per heavy atom. The lowest BCUT2D eigenvalue weighted by Gasteiger charge is -2.36. The maximum atomic E-state index is 3.96. The van der Waals surface area contributed by atoms with E-state index in [9.17, 15) is 0 Å². The van der Waals surface area contributed by atoms with E-state index in [1.165, 1.54) is 22.3 Å². The Labute approximate surface area is 117 Å². The minimum atomic E-state index is 0.486. The maximum absolute atomic E-state index is 3.96. The number of nitrogens with zero attached hydrogens (tertiary/aromatic N) is 1. The molecule has 0 amide bonds. The molecule has 0 aromatic heterocycles. The van der Waals surface area contributed by atoms with Crippen molar-refractivity contribution in [3.05, 3.63) is 47.0 Å². The molecule has 2 rings (SSSR count). The van der Waals surface area contributed by atoms with E-state index in [2.05, 4.69) is 55.8 Å². The smallest absolute Gasteiger partial charge is 0.0388 e. The van der Waals surface area contributed by atoms with Gasteiger partial charge in [0.2, 0.25) is 0 Å². The quantitative estimate of drug-likeness (QED) is 0.835. The number of benzene rings is 1. The molecule has 1 aliphatic rings. The van der Waals surface area contributed by atoms with Crippen molar-refractivity contribution in [3.63, 3.8) is 0 Å². The number of hydrogen-bond acceptors (Lipinski definition) is 2. The van der Waals surface area contributed by atoms with Gasteiger partial charge in [-0.25, -0.2) is 0 Å². The summed E-state index contributed by atoms with van der Waals surface area (Å²) in [6.45, 7) is 15.1. The molecule has 104 valence electrons. The average Bonchev–Trinajstić information content (AvgIpc) is 2.37. The monoisotopic (exact) mass is 258 g/mol. The Hall–Kier alpha value is -1.12. The van der Waals surface area contributed by atoms with Crippen LogP contribution in [0, 0.1) is 20.8 Å². The normalized spacial score (nSPS) is 18.3. The van der Waals surface area contributed by atoms with Crippen LogP contribution in [-0.2, 0) is 0 Å². The number of rotatable bonds is 4. The minimum absolute atomic E-state index is 0.486. The van der Waals surface area contributed by atoms with E-state index < -0.39 is 0 Å². The van der Waals surface area contributed by atoms with E-state index in [0.29, 0.717) is 6.04 Å². The highest BCUT2D eigenvalue weighted by Gasteiger charge is 2.23. The van der Waals surface area contributed by atoms with Crippen molar-refractivity contribution >= 4 is 0 Å². The second-order valence-electron chi connectivity index (χ2n) is 5.64. The first-order valence-electron chi connectivity index (χ1n) is 7.27. The predicted octanol–water partition coefficient (Wildman–Crippen LogP) is 3.13. The molecule has 2 heteroatoms. The van der Waals surface area contributed by atoms with Crippen LogP contribution in [0.1, 0.15) is 34.7 Å². The molecule has 1 fully saturated rings. The molecule has 1 N–H and O–H groups in total. The fraction of sp³-hybridized carbons (Fsp3) is 0.529. The highest BCUT2D eigenvalue weighted by Crippen LogP contribution is 2.31. The van der Waals surface area contributed by atoms with Crippen LogP contribution in [0.25, 0.3) is 0 Å². The lowest BCUT2D eigenvalue weighted by atomic mass is 9.91.